The topological polar surface area (TPSA) is 107 Å². The van der Waals surface area contributed by atoms with Crippen LogP contribution < -0.4 is 5.43 Å². The van der Waals surface area contributed by atoms with Crippen LogP contribution in [0.15, 0.2) is 54.6 Å². The highest BCUT2D eigenvalue weighted by molar-refractivity contribution is 6.20. The molecule has 2 aromatic carbocycles. The predicted octanol–water partition coefficient (Wildman–Crippen LogP) is 1.00. The van der Waals surface area contributed by atoms with E-state index in [0.717, 1.165) is 10.6 Å². The number of aliphatic hydroxyl groups is 1. The largest absolute Gasteiger partial charge is 0.388 e. The number of amides is 2. The zero-order chi connectivity index (χ0) is 21.5. The molecule has 3 heterocycles. The maximum atomic E-state index is 12.7. The maximum Gasteiger partial charge on any atom is 0.276 e. The van der Waals surface area contributed by atoms with Crippen LogP contribution in [-0.4, -0.2) is 66.3 Å². The zero-order valence-electron chi connectivity index (χ0n) is 16.7. The van der Waals surface area contributed by atoms with E-state index in [-0.39, 0.29) is 6.61 Å². The van der Waals surface area contributed by atoms with Gasteiger partial charge in [0.2, 0.25) is 0 Å². The standard InChI is InChI=1S/C22H22N2O7/c1-28-22-16(23-24-19(26)13-9-5-6-10-14(13)20(24)27)17(25)18-15(30-22)11-29-21(31-18)12-7-3-2-4-8-12/h2-10,15-18,21-23,25H,11H2,1H3/t15-,16+,17+,18-,21?,22+/m1/s1. The molecular weight excluding hydrogens is 404 g/mol. The van der Waals surface area contributed by atoms with Gasteiger partial charge in [0.05, 0.1) is 17.7 Å². The molecule has 0 aliphatic carbocycles. The Hall–Kier alpha value is -2.66. The van der Waals surface area contributed by atoms with Crippen molar-refractivity contribution in [3.63, 3.8) is 0 Å². The van der Waals surface area contributed by atoms with Crippen molar-refractivity contribution in [3.8, 4) is 0 Å². The van der Waals surface area contributed by atoms with Crippen LogP contribution >= 0.6 is 0 Å². The van der Waals surface area contributed by atoms with Crippen LogP contribution in [0.2, 0.25) is 0 Å². The number of nitrogens with one attached hydrogen (secondary N) is 1. The van der Waals surface area contributed by atoms with Gasteiger partial charge in [0, 0.05) is 12.7 Å². The average molecular weight is 426 g/mol. The van der Waals surface area contributed by atoms with Crippen molar-refractivity contribution in [1.82, 2.24) is 10.4 Å². The van der Waals surface area contributed by atoms with Crippen molar-refractivity contribution >= 4 is 11.8 Å². The summed E-state index contributed by atoms with van der Waals surface area (Å²) in [6, 6.07) is 15.0. The number of nitrogens with zero attached hydrogens (tertiary/aromatic N) is 1. The summed E-state index contributed by atoms with van der Waals surface area (Å²) < 4.78 is 23.1. The number of benzene rings is 2. The Morgan fingerprint density at radius 1 is 1.00 bits per heavy atom. The monoisotopic (exact) mass is 426 g/mol. The Balaban J connectivity index is 1.36. The van der Waals surface area contributed by atoms with E-state index in [4.69, 9.17) is 18.9 Å². The highest BCUT2D eigenvalue weighted by atomic mass is 16.7. The van der Waals surface area contributed by atoms with E-state index in [2.05, 4.69) is 5.43 Å². The van der Waals surface area contributed by atoms with E-state index in [1.165, 1.54) is 7.11 Å². The number of methoxy groups -OCH3 is 1. The third-order valence-electron chi connectivity index (χ3n) is 5.74. The molecule has 1 unspecified atom stereocenters. The normalized spacial score (nSPS) is 32.6. The highest BCUT2D eigenvalue weighted by Crippen LogP contribution is 2.34. The van der Waals surface area contributed by atoms with Crippen molar-refractivity contribution in [1.29, 1.82) is 0 Å². The SMILES string of the molecule is CO[C@H]1O[C@@H]2COC(c3ccccc3)O[C@H]2[C@@H](O)[C@@H]1NN1C(=O)c2ccccc2C1=O. The van der Waals surface area contributed by atoms with E-state index >= 15 is 0 Å². The Bertz CT molecular complexity index is 950. The van der Waals surface area contributed by atoms with Crippen LogP contribution in [-0.2, 0) is 18.9 Å². The number of imide groups is 1. The van der Waals surface area contributed by atoms with Gasteiger partial charge in [0.25, 0.3) is 11.8 Å². The van der Waals surface area contributed by atoms with Gasteiger partial charge in [-0.25, -0.2) is 10.4 Å². The number of hydrogen-bond donors (Lipinski definition) is 2. The number of hydrazine groups is 1. The van der Waals surface area contributed by atoms with Crippen molar-refractivity contribution in [3.05, 3.63) is 71.3 Å². The lowest BCUT2D eigenvalue weighted by atomic mass is 9.96. The number of aliphatic hydroxyl groups excluding tert-OH is 1. The summed E-state index contributed by atoms with van der Waals surface area (Å²) in [5.41, 5.74) is 4.22. The van der Waals surface area contributed by atoms with Crippen LogP contribution in [0.25, 0.3) is 0 Å². The van der Waals surface area contributed by atoms with Crippen LogP contribution in [0.3, 0.4) is 0 Å². The first kappa shape index (κ1) is 20.3. The second-order valence-electron chi connectivity index (χ2n) is 7.59. The number of fused-ring (bicyclic) bond motifs is 2. The van der Waals surface area contributed by atoms with E-state index in [0.29, 0.717) is 11.1 Å². The lowest BCUT2D eigenvalue weighted by molar-refractivity contribution is -0.343. The van der Waals surface area contributed by atoms with Crippen molar-refractivity contribution in [2.45, 2.75) is 36.9 Å². The third kappa shape index (κ3) is 3.45. The molecular formula is C22H22N2O7. The first-order chi connectivity index (χ1) is 15.1. The van der Waals surface area contributed by atoms with Crippen LogP contribution in [0.5, 0.6) is 0 Å². The molecule has 2 amide bonds. The highest BCUT2D eigenvalue weighted by Gasteiger charge is 2.51. The minimum absolute atomic E-state index is 0.195. The lowest BCUT2D eigenvalue weighted by Gasteiger charge is -2.48. The molecule has 9 heteroatoms. The summed E-state index contributed by atoms with van der Waals surface area (Å²) in [7, 11) is 1.42. The molecule has 2 aromatic rings. The van der Waals surface area contributed by atoms with E-state index in [9.17, 15) is 14.7 Å². The third-order valence-corrected chi connectivity index (χ3v) is 5.74. The van der Waals surface area contributed by atoms with E-state index in [1.807, 2.05) is 30.3 Å². The summed E-state index contributed by atoms with van der Waals surface area (Å²) in [4.78, 5) is 25.5. The first-order valence-electron chi connectivity index (χ1n) is 10.0. The fraction of sp³-hybridized carbons (Fsp3) is 0.364. The van der Waals surface area contributed by atoms with Crippen LogP contribution in [0.4, 0.5) is 0 Å². The molecule has 3 aliphatic rings. The Morgan fingerprint density at radius 2 is 1.65 bits per heavy atom. The smallest absolute Gasteiger partial charge is 0.276 e. The van der Waals surface area contributed by atoms with Gasteiger partial charge in [-0.1, -0.05) is 42.5 Å². The molecule has 0 radical (unpaired) electrons. The van der Waals surface area contributed by atoms with Gasteiger partial charge in [0.1, 0.15) is 24.4 Å². The van der Waals surface area contributed by atoms with Crippen molar-refractivity contribution in [2.24, 2.45) is 0 Å². The van der Waals surface area contributed by atoms with Crippen LogP contribution in [0.1, 0.15) is 32.6 Å². The fourth-order valence-electron chi connectivity index (χ4n) is 4.17. The molecule has 2 N–H and O–H groups in total. The quantitative estimate of drug-likeness (QED) is 0.698. The average Bonchev–Trinajstić information content (AvgIpc) is 3.06. The molecule has 31 heavy (non-hydrogen) atoms. The molecule has 2 saturated heterocycles. The molecule has 0 bridgehead atoms. The summed E-state index contributed by atoms with van der Waals surface area (Å²) in [5.74, 6) is -1.00. The molecule has 9 nitrogen and oxygen atoms in total. The van der Waals surface area contributed by atoms with Crippen molar-refractivity contribution in [2.75, 3.05) is 13.7 Å². The van der Waals surface area contributed by atoms with E-state index in [1.54, 1.807) is 24.3 Å². The number of hydrogen-bond acceptors (Lipinski definition) is 8. The molecule has 2 fully saturated rings. The molecule has 6 atom stereocenters. The number of carbonyl (C=O) groups excluding carboxylic acids is 2. The van der Waals surface area contributed by atoms with Gasteiger partial charge in [-0.3, -0.25) is 9.59 Å². The van der Waals surface area contributed by atoms with Gasteiger partial charge in [-0.15, -0.1) is 0 Å². The minimum Gasteiger partial charge on any atom is -0.388 e. The molecule has 162 valence electrons. The second kappa shape index (κ2) is 8.12. The van der Waals surface area contributed by atoms with Gasteiger partial charge >= 0.3 is 0 Å². The summed E-state index contributed by atoms with van der Waals surface area (Å²) in [5, 5.41) is 12.0. The Labute approximate surface area is 178 Å². The van der Waals surface area contributed by atoms with Gasteiger partial charge in [-0.05, 0) is 12.1 Å². The predicted molar refractivity (Wildman–Crippen MR) is 106 cm³/mol. The number of carbonyl (C=O) groups is 2. The van der Waals surface area contributed by atoms with E-state index < -0.39 is 48.7 Å². The molecule has 0 aromatic heterocycles. The van der Waals surface area contributed by atoms with Crippen molar-refractivity contribution < 1.29 is 33.6 Å². The molecule has 0 spiro atoms. The van der Waals surface area contributed by atoms with Gasteiger partial charge < -0.3 is 24.1 Å². The van der Waals surface area contributed by atoms with Crippen LogP contribution in [0, 0.1) is 0 Å². The minimum atomic E-state index is -1.14. The lowest BCUT2D eigenvalue weighted by Crippen LogP contribution is -2.68. The zero-order valence-corrected chi connectivity index (χ0v) is 16.7. The first-order valence-corrected chi connectivity index (χ1v) is 10.0. The number of rotatable bonds is 4. The maximum absolute atomic E-state index is 12.7. The van der Waals surface area contributed by atoms with Gasteiger partial charge in [-0.2, -0.15) is 0 Å². The fourth-order valence-corrected chi connectivity index (χ4v) is 4.17. The summed E-state index contributed by atoms with van der Waals surface area (Å²) in [6.07, 6.45) is -4.05. The summed E-state index contributed by atoms with van der Waals surface area (Å²) in [6.45, 7) is 0.195. The van der Waals surface area contributed by atoms with Gasteiger partial charge in [0.15, 0.2) is 12.6 Å². The Morgan fingerprint density at radius 3 is 2.29 bits per heavy atom. The Kier molecular flexibility index (Phi) is 5.30. The molecule has 5 rings (SSSR count). The second-order valence-corrected chi connectivity index (χ2v) is 7.59. The molecule has 0 saturated carbocycles. The molecule has 3 aliphatic heterocycles. The number of ether oxygens (including phenoxy) is 4. The summed E-state index contributed by atoms with van der Waals surface area (Å²) >= 11 is 0.